The minimum Gasteiger partial charge on any atom is -0.306 e. The van der Waals surface area contributed by atoms with Gasteiger partial charge >= 0.3 is 0 Å². The van der Waals surface area contributed by atoms with Crippen LogP contribution in [0, 0.1) is 33.5 Å². The predicted octanol–water partition coefficient (Wildman–Crippen LogP) is 4.76. The molecule has 21 heavy (non-hydrogen) atoms. The van der Waals surface area contributed by atoms with E-state index in [0.29, 0.717) is 5.56 Å². The lowest BCUT2D eigenvalue weighted by Gasteiger charge is -2.23. The number of hydrogen-bond donors (Lipinski definition) is 1. The monoisotopic (exact) mass is 285 g/mol. The highest BCUT2D eigenvalue weighted by Gasteiger charge is 2.19. The van der Waals surface area contributed by atoms with Crippen molar-refractivity contribution in [1.29, 1.82) is 0 Å². The van der Waals surface area contributed by atoms with Crippen molar-refractivity contribution in [2.75, 3.05) is 6.54 Å². The van der Waals surface area contributed by atoms with Crippen LogP contribution in [0.15, 0.2) is 30.3 Å². The molecule has 1 unspecified atom stereocenters. The molecule has 0 aromatic heterocycles. The van der Waals surface area contributed by atoms with Gasteiger partial charge in [0.1, 0.15) is 5.82 Å². The van der Waals surface area contributed by atoms with Gasteiger partial charge in [-0.25, -0.2) is 4.39 Å². The van der Waals surface area contributed by atoms with Crippen LogP contribution in [-0.2, 0) is 0 Å². The van der Waals surface area contributed by atoms with Gasteiger partial charge < -0.3 is 5.32 Å². The molecular weight excluding hydrogens is 261 g/mol. The Morgan fingerprint density at radius 1 is 0.905 bits per heavy atom. The van der Waals surface area contributed by atoms with Crippen LogP contribution in [0.1, 0.15) is 46.3 Å². The highest BCUT2D eigenvalue weighted by Crippen LogP contribution is 2.29. The first kappa shape index (κ1) is 15.7. The Balaban J connectivity index is 2.55. The summed E-state index contributed by atoms with van der Waals surface area (Å²) in [5.74, 6) is -0.140. The second-order valence-electron chi connectivity index (χ2n) is 5.81. The maximum atomic E-state index is 14.4. The van der Waals surface area contributed by atoms with Crippen molar-refractivity contribution >= 4 is 0 Å². The molecule has 1 atom stereocenters. The molecule has 0 aliphatic heterocycles. The summed E-state index contributed by atoms with van der Waals surface area (Å²) in [5, 5.41) is 3.42. The molecule has 0 aliphatic carbocycles. The molecule has 0 radical (unpaired) electrons. The zero-order chi connectivity index (χ0) is 15.6. The molecule has 2 aromatic carbocycles. The topological polar surface area (TPSA) is 12.0 Å². The van der Waals surface area contributed by atoms with Gasteiger partial charge in [-0.1, -0.05) is 31.2 Å². The summed E-state index contributed by atoms with van der Waals surface area (Å²) in [6.07, 6.45) is 0. The number of halogens is 1. The summed E-state index contributed by atoms with van der Waals surface area (Å²) >= 11 is 0. The molecule has 2 rings (SSSR count). The Hall–Kier alpha value is -1.67. The molecule has 0 spiro atoms. The van der Waals surface area contributed by atoms with Gasteiger partial charge in [0, 0.05) is 5.56 Å². The lowest BCUT2D eigenvalue weighted by molar-refractivity contribution is 0.557. The van der Waals surface area contributed by atoms with E-state index in [1.54, 1.807) is 6.07 Å². The van der Waals surface area contributed by atoms with Crippen molar-refractivity contribution in [2.45, 2.75) is 40.7 Å². The fourth-order valence-electron chi connectivity index (χ4n) is 2.75. The third kappa shape index (κ3) is 3.33. The highest BCUT2D eigenvalue weighted by atomic mass is 19.1. The predicted molar refractivity (Wildman–Crippen MR) is 87.3 cm³/mol. The largest absolute Gasteiger partial charge is 0.306 e. The van der Waals surface area contributed by atoms with Gasteiger partial charge in [0.2, 0.25) is 0 Å². The first-order valence-electron chi connectivity index (χ1n) is 7.51. The average molecular weight is 285 g/mol. The van der Waals surface area contributed by atoms with Gasteiger partial charge in [0.05, 0.1) is 6.04 Å². The second-order valence-corrected chi connectivity index (χ2v) is 5.81. The van der Waals surface area contributed by atoms with Gasteiger partial charge in [-0.15, -0.1) is 0 Å². The zero-order valence-corrected chi connectivity index (χ0v) is 13.5. The Morgan fingerprint density at radius 3 is 2.19 bits per heavy atom. The average Bonchev–Trinajstić information content (AvgIpc) is 2.41. The molecular formula is C19H24FN. The highest BCUT2D eigenvalue weighted by molar-refractivity contribution is 5.43. The third-order valence-corrected chi connectivity index (χ3v) is 4.07. The second kappa shape index (κ2) is 6.40. The summed E-state index contributed by atoms with van der Waals surface area (Å²) < 4.78 is 14.4. The first-order chi connectivity index (χ1) is 9.93. The zero-order valence-electron chi connectivity index (χ0n) is 13.5. The Morgan fingerprint density at radius 2 is 1.57 bits per heavy atom. The smallest absolute Gasteiger partial charge is 0.128 e. The third-order valence-electron chi connectivity index (χ3n) is 4.07. The molecule has 112 valence electrons. The lowest BCUT2D eigenvalue weighted by Crippen LogP contribution is -2.24. The molecule has 0 amide bonds. The molecule has 0 aliphatic rings. The van der Waals surface area contributed by atoms with E-state index in [1.165, 1.54) is 16.7 Å². The van der Waals surface area contributed by atoms with Crippen LogP contribution in [0.5, 0.6) is 0 Å². The van der Waals surface area contributed by atoms with Gasteiger partial charge in [0.15, 0.2) is 0 Å². The SMILES string of the molecule is CCNC(c1cc(C)c(C)cc1C)c1ccc(C)cc1F. The summed E-state index contributed by atoms with van der Waals surface area (Å²) in [7, 11) is 0. The van der Waals surface area contributed by atoms with E-state index in [1.807, 2.05) is 19.1 Å². The first-order valence-corrected chi connectivity index (χ1v) is 7.51. The van der Waals surface area contributed by atoms with Gasteiger partial charge in [-0.2, -0.15) is 0 Å². The number of rotatable bonds is 4. The summed E-state index contributed by atoms with van der Waals surface area (Å²) in [6, 6.07) is 9.73. The van der Waals surface area contributed by atoms with Crippen LogP contribution in [0.25, 0.3) is 0 Å². The summed E-state index contributed by atoms with van der Waals surface area (Å²) in [6.45, 7) is 11.1. The van der Waals surface area contributed by atoms with E-state index in [4.69, 9.17) is 0 Å². The number of aryl methyl sites for hydroxylation is 4. The van der Waals surface area contributed by atoms with Crippen LogP contribution in [0.3, 0.4) is 0 Å². The number of hydrogen-bond acceptors (Lipinski definition) is 1. The van der Waals surface area contributed by atoms with Crippen molar-refractivity contribution in [2.24, 2.45) is 0 Å². The van der Waals surface area contributed by atoms with Gasteiger partial charge in [-0.3, -0.25) is 0 Å². The molecule has 0 fully saturated rings. The van der Waals surface area contributed by atoms with Crippen molar-refractivity contribution in [3.05, 3.63) is 69.5 Å². The normalized spacial score (nSPS) is 12.5. The van der Waals surface area contributed by atoms with E-state index in [-0.39, 0.29) is 11.9 Å². The van der Waals surface area contributed by atoms with E-state index in [0.717, 1.165) is 17.7 Å². The van der Waals surface area contributed by atoms with Crippen molar-refractivity contribution in [3.63, 3.8) is 0 Å². The van der Waals surface area contributed by atoms with Crippen LogP contribution >= 0.6 is 0 Å². The van der Waals surface area contributed by atoms with Crippen molar-refractivity contribution in [3.8, 4) is 0 Å². The molecule has 1 nitrogen and oxygen atoms in total. The molecule has 0 heterocycles. The quantitative estimate of drug-likeness (QED) is 0.854. The Labute approximate surface area is 127 Å². The molecule has 2 aromatic rings. The number of nitrogens with one attached hydrogen (secondary N) is 1. The fraction of sp³-hybridized carbons (Fsp3) is 0.368. The Bertz CT molecular complexity index is 646. The van der Waals surface area contributed by atoms with Crippen LogP contribution in [0.2, 0.25) is 0 Å². The lowest BCUT2D eigenvalue weighted by atomic mass is 9.91. The van der Waals surface area contributed by atoms with Crippen molar-refractivity contribution in [1.82, 2.24) is 5.32 Å². The molecule has 1 N–H and O–H groups in total. The van der Waals surface area contributed by atoms with E-state index in [2.05, 4.69) is 45.1 Å². The van der Waals surface area contributed by atoms with Crippen molar-refractivity contribution < 1.29 is 4.39 Å². The maximum absolute atomic E-state index is 14.4. The van der Waals surface area contributed by atoms with Gasteiger partial charge in [0.25, 0.3) is 0 Å². The molecule has 0 saturated carbocycles. The maximum Gasteiger partial charge on any atom is 0.128 e. The molecule has 0 saturated heterocycles. The standard InChI is InChI=1S/C19H24FN/c1-6-21-19(16-8-7-12(2)9-18(16)20)17-11-14(4)13(3)10-15(17)5/h7-11,19,21H,6H2,1-5H3. The molecule has 0 bridgehead atoms. The van der Waals surface area contributed by atoms with E-state index in [9.17, 15) is 4.39 Å². The van der Waals surface area contributed by atoms with E-state index >= 15 is 0 Å². The van der Waals surface area contributed by atoms with Crippen LogP contribution in [0.4, 0.5) is 4.39 Å². The minimum absolute atomic E-state index is 0.102. The Kier molecular flexibility index (Phi) is 4.79. The minimum atomic E-state index is -0.140. The number of benzene rings is 2. The van der Waals surface area contributed by atoms with E-state index < -0.39 is 0 Å². The summed E-state index contributed by atoms with van der Waals surface area (Å²) in [4.78, 5) is 0. The summed E-state index contributed by atoms with van der Waals surface area (Å²) in [5.41, 5.74) is 6.53. The van der Waals surface area contributed by atoms with Gasteiger partial charge in [-0.05, 0) is 68.1 Å². The van der Waals surface area contributed by atoms with Crippen LogP contribution < -0.4 is 5.32 Å². The molecule has 2 heteroatoms. The van der Waals surface area contributed by atoms with Crippen LogP contribution in [-0.4, -0.2) is 6.54 Å². The fourth-order valence-corrected chi connectivity index (χ4v) is 2.75.